The van der Waals surface area contributed by atoms with Crippen LogP contribution in [-0.2, 0) is 6.67 Å². The minimum absolute atomic E-state index is 0.0868. The fourth-order valence-corrected chi connectivity index (χ4v) is 3.47. The molecular formula is C17H13FN4OS. The van der Waals surface area contributed by atoms with Crippen molar-refractivity contribution in [3.05, 3.63) is 79.9 Å². The quantitative estimate of drug-likeness (QED) is 0.707. The van der Waals surface area contributed by atoms with E-state index in [2.05, 4.69) is 9.98 Å². The Balaban J connectivity index is 1.71. The molecular weight excluding hydrogens is 327 g/mol. The van der Waals surface area contributed by atoms with E-state index in [1.54, 1.807) is 29.0 Å². The van der Waals surface area contributed by atoms with Crippen molar-refractivity contribution in [3.63, 3.8) is 0 Å². The summed E-state index contributed by atoms with van der Waals surface area (Å²) >= 11 is 1.36. The summed E-state index contributed by atoms with van der Waals surface area (Å²) in [6, 6.07) is 11.8. The average Bonchev–Trinajstić information content (AvgIpc) is 2.92. The molecule has 7 heteroatoms. The predicted molar refractivity (Wildman–Crippen MR) is 90.9 cm³/mol. The first-order valence-electron chi connectivity index (χ1n) is 7.38. The summed E-state index contributed by atoms with van der Waals surface area (Å²) in [5.74, 6) is -0.284. The third-order valence-electron chi connectivity index (χ3n) is 3.74. The van der Waals surface area contributed by atoms with Gasteiger partial charge in [-0.3, -0.25) is 14.3 Å². The molecule has 3 heterocycles. The monoisotopic (exact) mass is 340 g/mol. The Morgan fingerprint density at radius 3 is 2.75 bits per heavy atom. The third kappa shape index (κ3) is 2.74. The number of rotatable bonds is 2. The molecule has 1 aromatic carbocycles. The van der Waals surface area contributed by atoms with Crippen LogP contribution in [0.15, 0.2) is 58.4 Å². The number of aromatic nitrogens is 2. The van der Waals surface area contributed by atoms with Crippen LogP contribution in [0.2, 0.25) is 0 Å². The van der Waals surface area contributed by atoms with E-state index in [0.29, 0.717) is 22.7 Å². The molecule has 0 saturated heterocycles. The van der Waals surface area contributed by atoms with Gasteiger partial charge in [-0.05, 0) is 42.5 Å². The number of fused-ring (bicyclic) bond motifs is 1. The van der Waals surface area contributed by atoms with Gasteiger partial charge in [-0.2, -0.15) is 0 Å². The number of benzene rings is 1. The molecule has 0 unspecified atom stereocenters. The van der Waals surface area contributed by atoms with E-state index >= 15 is 0 Å². The number of halogens is 1. The molecule has 0 radical (unpaired) electrons. The minimum Gasteiger partial charge on any atom is -0.334 e. The maximum Gasteiger partial charge on any atom is 0.271 e. The fourth-order valence-electron chi connectivity index (χ4n) is 2.52. The molecule has 0 fully saturated rings. The Morgan fingerprint density at radius 1 is 1.17 bits per heavy atom. The fraction of sp³-hybridized carbons (Fsp3) is 0.118. The van der Waals surface area contributed by atoms with Crippen molar-refractivity contribution in [2.75, 3.05) is 11.6 Å². The van der Waals surface area contributed by atoms with Crippen molar-refractivity contribution in [1.82, 2.24) is 9.55 Å². The highest BCUT2D eigenvalue weighted by Gasteiger charge is 2.15. The molecule has 0 amide bonds. The minimum atomic E-state index is -0.284. The highest BCUT2D eigenvalue weighted by Crippen LogP contribution is 2.16. The lowest BCUT2D eigenvalue weighted by Gasteiger charge is -2.25. The largest absolute Gasteiger partial charge is 0.334 e. The van der Waals surface area contributed by atoms with Gasteiger partial charge in [-0.25, -0.2) is 9.38 Å². The van der Waals surface area contributed by atoms with Crippen molar-refractivity contribution in [1.29, 1.82) is 0 Å². The molecule has 0 saturated carbocycles. The van der Waals surface area contributed by atoms with Crippen molar-refractivity contribution in [2.45, 2.75) is 6.67 Å². The molecule has 0 aliphatic carbocycles. The second-order valence-electron chi connectivity index (χ2n) is 5.34. The predicted octanol–water partition coefficient (Wildman–Crippen LogP) is 1.33. The van der Waals surface area contributed by atoms with E-state index in [-0.39, 0.29) is 11.4 Å². The van der Waals surface area contributed by atoms with Crippen LogP contribution in [0.4, 0.5) is 10.1 Å². The summed E-state index contributed by atoms with van der Waals surface area (Å²) in [5.41, 5.74) is 1.49. The van der Waals surface area contributed by atoms with Crippen LogP contribution in [0, 0.1) is 5.82 Å². The first kappa shape index (κ1) is 14.8. The summed E-state index contributed by atoms with van der Waals surface area (Å²) < 4.78 is 15.3. The van der Waals surface area contributed by atoms with Crippen LogP contribution in [0.3, 0.4) is 0 Å². The van der Waals surface area contributed by atoms with Gasteiger partial charge >= 0.3 is 0 Å². The Kier molecular flexibility index (Phi) is 3.70. The summed E-state index contributed by atoms with van der Waals surface area (Å²) in [6.07, 6.45) is 3.47. The van der Waals surface area contributed by atoms with Gasteiger partial charge < -0.3 is 4.90 Å². The standard InChI is InChI=1S/C17H13FN4OS/c18-12-4-6-14(7-5-12)21-10-20-17-22(11-21)16(23)15(24-17)9-13-3-1-2-8-19-13/h1-9H,10-11H2/b15-9-. The van der Waals surface area contributed by atoms with Crippen molar-refractivity contribution in [3.8, 4) is 0 Å². The van der Waals surface area contributed by atoms with Crippen LogP contribution >= 0.6 is 11.3 Å². The van der Waals surface area contributed by atoms with Gasteiger partial charge in [0.15, 0.2) is 4.80 Å². The van der Waals surface area contributed by atoms with Crippen molar-refractivity contribution in [2.24, 2.45) is 4.99 Å². The first-order chi connectivity index (χ1) is 11.7. The lowest BCUT2D eigenvalue weighted by Crippen LogP contribution is -2.42. The average molecular weight is 340 g/mol. The van der Waals surface area contributed by atoms with E-state index in [1.165, 1.54) is 23.5 Å². The Hall–Kier alpha value is -2.80. The smallest absolute Gasteiger partial charge is 0.271 e. The molecule has 1 aliphatic rings. The molecule has 3 aromatic rings. The number of nitrogens with zero attached hydrogens (tertiary/aromatic N) is 4. The zero-order valence-corrected chi connectivity index (χ0v) is 13.4. The van der Waals surface area contributed by atoms with E-state index in [0.717, 1.165) is 11.4 Å². The highest BCUT2D eigenvalue weighted by molar-refractivity contribution is 7.07. The summed E-state index contributed by atoms with van der Waals surface area (Å²) in [6.45, 7) is 0.838. The SMILES string of the molecule is O=c1/c(=C/c2ccccn2)sc2n1CN(c1ccc(F)cc1)CN=2. The maximum atomic E-state index is 13.1. The van der Waals surface area contributed by atoms with Gasteiger partial charge in [0.05, 0.1) is 10.2 Å². The second kappa shape index (κ2) is 6.01. The number of hydrogen-bond acceptors (Lipinski definition) is 5. The zero-order valence-electron chi connectivity index (χ0n) is 12.6. The maximum absolute atomic E-state index is 13.1. The second-order valence-corrected chi connectivity index (χ2v) is 6.35. The Bertz CT molecular complexity index is 1040. The van der Waals surface area contributed by atoms with Gasteiger partial charge in [0.25, 0.3) is 5.56 Å². The zero-order chi connectivity index (χ0) is 16.5. The number of anilines is 1. The van der Waals surface area contributed by atoms with Gasteiger partial charge in [-0.15, -0.1) is 0 Å². The van der Waals surface area contributed by atoms with E-state index in [1.807, 2.05) is 23.1 Å². The summed E-state index contributed by atoms with van der Waals surface area (Å²) in [7, 11) is 0. The molecule has 0 atom stereocenters. The Morgan fingerprint density at radius 2 is 2.00 bits per heavy atom. The summed E-state index contributed by atoms with van der Waals surface area (Å²) in [5, 5.41) is 0. The van der Waals surface area contributed by atoms with Crippen LogP contribution in [-0.4, -0.2) is 16.2 Å². The topological polar surface area (TPSA) is 50.5 Å². The number of thiazole rings is 1. The van der Waals surface area contributed by atoms with Crippen LogP contribution in [0.1, 0.15) is 5.69 Å². The van der Waals surface area contributed by atoms with Gasteiger partial charge in [0.2, 0.25) is 0 Å². The van der Waals surface area contributed by atoms with Gasteiger partial charge in [-0.1, -0.05) is 17.4 Å². The molecule has 24 heavy (non-hydrogen) atoms. The lowest BCUT2D eigenvalue weighted by molar-refractivity contribution is 0.568. The molecule has 120 valence electrons. The van der Waals surface area contributed by atoms with Crippen LogP contribution in [0.25, 0.3) is 6.08 Å². The van der Waals surface area contributed by atoms with Crippen LogP contribution in [0.5, 0.6) is 0 Å². The highest BCUT2D eigenvalue weighted by atomic mass is 32.1. The lowest BCUT2D eigenvalue weighted by atomic mass is 10.3. The molecule has 0 bridgehead atoms. The normalized spacial score (nSPS) is 14.4. The van der Waals surface area contributed by atoms with Gasteiger partial charge in [0, 0.05) is 11.9 Å². The van der Waals surface area contributed by atoms with Crippen molar-refractivity contribution >= 4 is 23.1 Å². The van der Waals surface area contributed by atoms with E-state index in [4.69, 9.17) is 0 Å². The number of hydrogen-bond donors (Lipinski definition) is 0. The summed E-state index contributed by atoms with van der Waals surface area (Å²) in [4.78, 5) is 23.9. The molecule has 1 aliphatic heterocycles. The Labute approximate surface area is 140 Å². The molecule has 0 spiro atoms. The van der Waals surface area contributed by atoms with E-state index < -0.39 is 0 Å². The van der Waals surface area contributed by atoms with Gasteiger partial charge in [0.1, 0.15) is 19.2 Å². The third-order valence-corrected chi connectivity index (χ3v) is 4.78. The molecule has 4 rings (SSSR count). The van der Waals surface area contributed by atoms with Crippen molar-refractivity contribution < 1.29 is 4.39 Å². The van der Waals surface area contributed by atoms with Crippen LogP contribution < -0.4 is 19.8 Å². The molecule has 0 N–H and O–H groups in total. The number of pyridine rings is 1. The van der Waals surface area contributed by atoms with E-state index in [9.17, 15) is 9.18 Å². The molecule has 5 nitrogen and oxygen atoms in total. The molecule has 2 aromatic heterocycles. The first-order valence-corrected chi connectivity index (χ1v) is 8.20.